The lowest BCUT2D eigenvalue weighted by atomic mass is 9.87. The van der Waals surface area contributed by atoms with Crippen LogP contribution in [0.1, 0.15) is 66.2 Å². The summed E-state index contributed by atoms with van der Waals surface area (Å²) in [5.74, 6) is -0.00261. The van der Waals surface area contributed by atoms with Crippen LogP contribution < -0.4 is 5.32 Å². The zero-order valence-corrected chi connectivity index (χ0v) is 23.4. The van der Waals surface area contributed by atoms with Crippen molar-refractivity contribution in [2.24, 2.45) is 0 Å². The molecule has 1 N–H and O–H groups in total. The van der Waals surface area contributed by atoms with Gasteiger partial charge in [0.2, 0.25) is 0 Å². The molecule has 0 unspecified atom stereocenters. The number of anilines is 1. The van der Waals surface area contributed by atoms with Gasteiger partial charge in [-0.05, 0) is 77.6 Å². The molecular weight excluding hydrogens is 511 g/mol. The van der Waals surface area contributed by atoms with E-state index in [1.165, 1.54) is 5.56 Å². The van der Waals surface area contributed by atoms with Crippen LogP contribution in [0.3, 0.4) is 0 Å². The van der Waals surface area contributed by atoms with Gasteiger partial charge >= 0.3 is 0 Å². The van der Waals surface area contributed by atoms with E-state index in [-0.39, 0.29) is 11.3 Å². The largest absolute Gasteiger partial charge is 0.384 e. The van der Waals surface area contributed by atoms with Crippen molar-refractivity contribution in [1.82, 2.24) is 4.90 Å². The van der Waals surface area contributed by atoms with Gasteiger partial charge in [0.05, 0.1) is 21.3 Å². The highest BCUT2D eigenvalue weighted by atomic mass is 35.5. The molecule has 0 bridgehead atoms. The number of hydrogen-bond donors (Lipinski definition) is 1. The molecule has 1 amide bonds. The van der Waals surface area contributed by atoms with Gasteiger partial charge in [-0.1, -0.05) is 85.9 Å². The van der Waals surface area contributed by atoms with E-state index in [0.717, 1.165) is 54.6 Å². The third-order valence-electron chi connectivity index (χ3n) is 6.70. The number of amides is 1. The first-order valence-corrected chi connectivity index (χ1v) is 13.6. The van der Waals surface area contributed by atoms with Crippen LogP contribution in [0, 0.1) is 0 Å². The molecule has 0 spiro atoms. The molecule has 3 nitrogen and oxygen atoms in total. The molecule has 190 valence electrons. The van der Waals surface area contributed by atoms with Crippen molar-refractivity contribution in [3.63, 3.8) is 0 Å². The van der Waals surface area contributed by atoms with Crippen molar-refractivity contribution in [3.8, 4) is 0 Å². The second kappa shape index (κ2) is 11.5. The summed E-state index contributed by atoms with van der Waals surface area (Å²) in [6.07, 6.45) is 3.57. The van der Waals surface area contributed by atoms with E-state index in [1.54, 1.807) is 6.07 Å². The molecule has 1 aliphatic rings. The monoisotopic (exact) mass is 542 g/mol. The molecule has 4 rings (SSSR count). The van der Waals surface area contributed by atoms with Gasteiger partial charge in [0, 0.05) is 24.7 Å². The van der Waals surface area contributed by atoms with Crippen LogP contribution in [0.5, 0.6) is 0 Å². The molecule has 0 radical (unpaired) electrons. The second-order valence-electron chi connectivity index (χ2n) is 10.5. The minimum absolute atomic E-state index is 0.00261. The summed E-state index contributed by atoms with van der Waals surface area (Å²) in [6.45, 7) is 8.62. The quantitative estimate of drug-likeness (QED) is 0.324. The van der Waals surface area contributed by atoms with Gasteiger partial charge in [0.15, 0.2) is 0 Å². The van der Waals surface area contributed by atoms with Crippen LogP contribution in [-0.2, 0) is 24.8 Å². The Labute approximate surface area is 229 Å². The number of nitrogens with zero attached hydrogens (tertiary/aromatic N) is 1. The summed E-state index contributed by atoms with van der Waals surface area (Å²) >= 11 is 18.7. The van der Waals surface area contributed by atoms with E-state index in [4.69, 9.17) is 34.8 Å². The average molecular weight is 544 g/mol. The van der Waals surface area contributed by atoms with E-state index in [0.29, 0.717) is 33.7 Å². The molecule has 0 saturated heterocycles. The topological polar surface area (TPSA) is 32.3 Å². The summed E-state index contributed by atoms with van der Waals surface area (Å²) in [6, 6.07) is 18.1. The number of rotatable bonds is 7. The number of carbonyl (C=O) groups is 1. The van der Waals surface area contributed by atoms with E-state index >= 15 is 0 Å². The number of benzene rings is 3. The number of halogens is 3. The lowest BCUT2D eigenvalue weighted by Gasteiger charge is -2.27. The Morgan fingerprint density at radius 3 is 2.36 bits per heavy atom. The Hall–Kier alpha value is -2.20. The van der Waals surface area contributed by atoms with Crippen molar-refractivity contribution in [1.29, 1.82) is 0 Å². The first-order chi connectivity index (χ1) is 17.1. The molecule has 3 aromatic rings. The van der Waals surface area contributed by atoms with Gasteiger partial charge in [-0.3, -0.25) is 4.79 Å². The minimum atomic E-state index is -0.00261. The van der Waals surface area contributed by atoms with Crippen LogP contribution >= 0.6 is 34.8 Å². The van der Waals surface area contributed by atoms with E-state index in [9.17, 15) is 4.79 Å². The maximum absolute atomic E-state index is 13.9. The maximum Gasteiger partial charge on any atom is 0.256 e. The van der Waals surface area contributed by atoms with Crippen molar-refractivity contribution >= 4 is 46.4 Å². The van der Waals surface area contributed by atoms with Crippen molar-refractivity contribution < 1.29 is 4.79 Å². The smallest absolute Gasteiger partial charge is 0.256 e. The van der Waals surface area contributed by atoms with Gasteiger partial charge in [0.25, 0.3) is 5.91 Å². The molecule has 1 heterocycles. The summed E-state index contributed by atoms with van der Waals surface area (Å²) in [5, 5.41) is 5.15. The fraction of sp³-hybridized carbons (Fsp3) is 0.367. The Bertz CT molecular complexity index is 1230. The summed E-state index contributed by atoms with van der Waals surface area (Å²) < 4.78 is 0. The molecule has 3 aromatic carbocycles. The summed E-state index contributed by atoms with van der Waals surface area (Å²) in [5.41, 5.74) is 6.26. The van der Waals surface area contributed by atoms with Crippen molar-refractivity contribution in [3.05, 3.63) is 97.5 Å². The zero-order chi connectivity index (χ0) is 25.9. The molecule has 0 saturated carbocycles. The Morgan fingerprint density at radius 1 is 0.944 bits per heavy atom. The normalized spacial score (nSPS) is 13.2. The molecule has 36 heavy (non-hydrogen) atoms. The lowest BCUT2D eigenvalue weighted by Crippen LogP contribution is -2.33. The molecule has 1 aliphatic heterocycles. The van der Waals surface area contributed by atoms with Crippen molar-refractivity contribution in [2.75, 3.05) is 18.4 Å². The summed E-state index contributed by atoms with van der Waals surface area (Å²) in [4.78, 5) is 15.9. The van der Waals surface area contributed by atoms with Crippen LogP contribution in [0.4, 0.5) is 5.69 Å². The molecule has 6 heteroatoms. The number of aryl methyl sites for hydroxylation is 2. The molecule has 0 fully saturated rings. The molecule has 0 aliphatic carbocycles. The standard InChI is InChI=1S/C30H33Cl3N2O/c1-30(2,3)23-11-8-21(9-12-23)19-35(15-5-6-20-10-13-26(32)27(33)16-20)29(36)25-18-24(31)17-22-7-4-14-34-28(22)25/h8-13,16-18,34H,4-7,14-15,19H2,1-3H3. The fourth-order valence-corrected chi connectivity index (χ4v) is 5.21. The fourth-order valence-electron chi connectivity index (χ4n) is 4.65. The zero-order valence-electron chi connectivity index (χ0n) is 21.1. The SMILES string of the molecule is CC(C)(C)c1ccc(CN(CCCc2ccc(Cl)c(Cl)c2)C(=O)c2cc(Cl)cc3c2NCCC3)cc1. The summed E-state index contributed by atoms with van der Waals surface area (Å²) in [7, 11) is 0. The Morgan fingerprint density at radius 2 is 1.67 bits per heavy atom. The van der Waals surface area contributed by atoms with Crippen LogP contribution in [0.25, 0.3) is 0 Å². The molecular formula is C30H33Cl3N2O. The number of nitrogens with one attached hydrogen (secondary N) is 1. The highest BCUT2D eigenvalue weighted by Crippen LogP contribution is 2.32. The average Bonchev–Trinajstić information content (AvgIpc) is 2.84. The Balaban J connectivity index is 1.58. The second-order valence-corrected chi connectivity index (χ2v) is 11.8. The first kappa shape index (κ1) is 26.9. The first-order valence-electron chi connectivity index (χ1n) is 12.5. The van der Waals surface area contributed by atoms with Gasteiger partial charge in [-0.25, -0.2) is 0 Å². The number of hydrogen-bond acceptors (Lipinski definition) is 2. The number of fused-ring (bicyclic) bond motifs is 1. The number of carbonyl (C=O) groups excluding carboxylic acids is 1. The van der Waals surface area contributed by atoms with Crippen LogP contribution in [-0.4, -0.2) is 23.9 Å². The third kappa shape index (κ3) is 6.56. The minimum Gasteiger partial charge on any atom is -0.384 e. The lowest BCUT2D eigenvalue weighted by molar-refractivity contribution is 0.0742. The molecule has 0 aromatic heterocycles. The van der Waals surface area contributed by atoms with Crippen LogP contribution in [0.2, 0.25) is 15.1 Å². The van der Waals surface area contributed by atoms with Crippen molar-refractivity contribution in [2.45, 2.75) is 58.4 Å². The highest BCUT2D eigenvalue weighted by Gasteiger charge is 2.24. The van der Waals surface area contributed by atoms with E-state index in [1.807, 2.05) is 29.2 Å². The highest BCUT2D eigenvalue weighted by molar-refractivity contribution is 6.42. The van der Waals surface area contributed by atoms with Gasteiger partial charge in [0.1, 0.15) is 0 Å². The molecule has 0 atom stereocenters. The predicted molar refractivity (Wildman–Crippen MR) is 153 cm³/mol. The van der Waals surface area contributed by atoms with Gasteiger partial charge in [-0.2, -0.15) is 0 Å². The van der Waals surface area contributed by atoms with Gasteiger partial charge < -0.3 is 10.2 Å². The third-order valence-corrected chi connectivity index (χ3v) is 7.66. The Kier molecular flexibility index (Phi) is 8.55. The van der Waals surface area contributed by atoms with E-state index in [2.05, 4.69) is 50.4 Å². The predicted octanol–water partition coefficient (Wildman–Crippen LogP) is 8.58. The van der Waals surface area contributed by atoms with E-state index < -0.39 is 0 Å². The van der Waals surface area contributed by atoms with Gasteiger partial charge in [-0.15, -0.1) is 0 Å². The van der Waals surface area contributed by atoms with Crippen LogP contribution in [0.15, 0.2) is 54.6 Å². The maximum atomic E-state index is 13.9.